The molecule has 5 heteroatoms. The summed E-state index contributed by atoms with van der Waals surface area (Å²) in [5.41, 5.74) is 0.790. The van der Waals surface area contributed by atoms with Crippen molar-refractivity contribution in [1.29, 1.82) is 5.26 Å². The summed E-state index contributed by atoms with van der Waals surface area (Å²) in [6, 6.07) is 5.88. The van der Waals surface area contributed by atoms with Crippen molar-refractivity contribution in [2.75, 3.05) is 11.9 Å². The van der Waals surface area contributed by atoms with Gasteiger partial charge in [0.15, 0.2) is 0 Å². The number of nitrogens with one attached hydrogen (secondary N) is 2. The molecule has 0 radical (unpaired) electrons. The van der Waals surface area contributed by atoms with Gasteiger partial charge in [0, 0.05) is 18.7 Å². The predicted octanol–water partition coefficient (Wildman–Crippen LogP) is 0.998. The van der Waals surface area contributed by atoms with Gasteiger partial charge in [-0.15, -0.1) is 0 Å². The van der Waals surface area contributed by atoms with E-state index in [0.717, 1.165) is 0 Å². The second kappa shape index (κ2) is 4.19. The standard InChI is InChI=1S/C11H10FN3O/c12-8-1-7(5-13)2-9(3-8)15-10-4-11(16)14-6-10/h1-3,10,15H,4,6H2,(H,14,16). The van der Waals surface area contributed by atoms with Crippen LogP contribution in [0.25, 0.3) is 0 Å². The Morgan fingerprint density at radius 2 is 2.31 bits per heavy atom. The predicted molar refractivity (Wildman–Crippen MR) is 56.2 cm³/mol. The lowest BCUT2D eigenvalue weighted by molar-refractivity contribution is -0.119. The van der Waals surface area contributed by atoms with Crippen molar-refractivity contribution in [2.45, 2.75) is 12.5 Å². The minimum Gasteiger partial charge on any atom is -0.380 e. The van der Waals surface area contributed by atoms with E-state index in [1.807, 2.05) is 6.07 Å². The summed E-state index contributed by atoms with van der Waals surface area (Å²) < 4.78 is 13.1. The molecule has 1 aliphatic heterocycles. The van der Waals surface area contributed by atoms with Gasteiger partial charge in [0.25, 0.3) is 0 Å². The van der Waals surface area contributed by atoms with Crippen LogP contribution in [0.3, 0.4) is 0 Å². The minimum atomic E-state index is -0.459. The van der Waals surface area contributed by atoms with Crippen LogP contribution in [0.15, 0.2) is 18.2 Å². The number of benzene rings is 1. The van der Waals surface area contributed by atoms with E-state index in [2.05, 4.69) is 10.6 Å². The molecule has 1 amide bonds. The highest BCUT2D eigenvalue weighted by Gasteiger charge is 2.21. The Kier molecular flexibility index (Phi) is 2.73. The zero-order chi connectivity index (χ0) is 11.5. The molecule has 1 fully saturated rings. The van der Waals surface area contributed by atoms with E-state index in [1.54, 1.807) is 6.07 Å². The third-order valence-corrected chi connectivity index (χ3v) is 2.38. The van der Waals surface area contributed by atoms with E-state index >= 15 is 0 Å². The molecule has 0 saturated carbocycles. The third-order valence-electron chi connectivity index (χ3n) is 2.38. The lowest BCUT2D eigenvalue weighted by atomic mass is 10.2. The molecule has 2 N–H and O–H groups in total. The van der Waals surface area contributed by atoms with E-state index in [9.17, 15) is 9.18 Å². The van der Waals surface area contributed by atoms with Crippen molar-refractivity contribution in [3.8, 4) is 6.07 Å². The highest BCUT2D eigenvalue weighted by molar-refractivity contribution is 5.79. The van der Waals surface area contributed by atoms with E-state index in [0.29, 0.717) is 18.7 Å². The summed E-state index contributed by atoms with van der Waals surface area (Å²) >= 11 is 0. The first-order valence-electron chi connectivity index (χ1n) is 4.91. The highest BCUT2D eigenvalue weighted by Crippen LogP contribution is 2.16. The van der Waals surface area contributed by atoms with Crippen LogP contribution >= 0.6 is 0 Å². The van der Waals surface area contributed by atoms with Gasteiger partial charge in [0.2, 0.25) is 5.91 Å². The van der Waals surface area contributed by atoms with Gasteiger partial charge in [-0.2, -0.15) is 5.26 Å². The van der Waals surface area contributed by atoms with Gasteiger partial charge in [0.05, 0.1) is 17.7 Å². The van der Waals surface area contributed by atoms with E-state index in [4.69, 9.17) is 5.26 Å². The maximum absolute atomic E-state index is 13.1. The average molecular weight is 219 g/mol. The van der Waals surface area contributed by atoms with E-state index in [1.165, 1.54) is 12.1 Å². The molecule has 0 aliphatic carbocycles. The second-order valence-electron chi connectivity index (χ2n) is 3.69. The number of anilines is 1. The number of carbonyl (C=O) groups excluding carboxylic acids is 1. The van der Waals surface area contributed by atoms with Crippen molar-refractivity contribution in [3.05, 3.63) is 29.6 Å². The molecular weight excluding hydrogens is 209 g/mol. The monoisotopic (exact) mass is 219 g/mol. The Hall–Kier alpha value is -2.09. The molecule has 0 spiro atoms. The minimum absolute atomic E-state index is 0.0191. The van der Waals surface area contributed by atoms with Crippen LogP contribution in [0, 0.1) is 17.1 Å². The van der Waals surface area contributed by atoms with Gasteiger partial charge in [-0.05, 0) is 18.2 Å². The van der Waals surface area contributed by atoms with Crippen molar-refractivity contribution in [3.63, 3.8) is 0 Å². The van der Waals surface area contributed by atoms with Crippen LogP contribution in [-0.4, -0.2) is 18.5 Å². The average Bonchev–Trinajstić information content (AvgIpc) is 2.63. The molecule has 1 unspecified atom stereocenters. The SMILES string of the molecule is N#Cc1cc(F)cc(NC2CNC(=O)C2)c1. The number of hydrogen-bond acceptors (Lipinski definition) is 3. The second-order valence-corrected chi connectivity index (χ2v) is 3.69. The summed E-state index contributed by atoms with van der Waals surface area (Å²) in [5, 5.41) is 14.4. The normalized spacial score (nSPS) is 19.0. The first-order valence-corrected chi connectivity index (χ1v) is 4.91. The summed E-state index contributed by atoms with van der Waals surface area (Å²) in [5.74, 6) is -0.478. The maximum Gasteiger partial charge on any atom is 0.222 e. The van der Waals surface area contributed by atoms with Gasteiger partial charge in [0.1, 0.15) is 5.82 Å². The maximum atomic E-state index is 13.1. The number of rotatable bonds is 2. The zero-order valence-electron chi connectivity index (χ0n) is 8.46. The van der Waals surface area contributed by atoms with Crippen LogP contribution in [0.2, 0.25) is 0 Å². The lowest BCUT2D eigenvalue weighted by Gasteiger charge is -2.12. The smallest absolute Gasteiger partial charge is 0.222 e. The number of halogens is 1. The molecule has 1 atom stereocenters. The molecule has 4 nitrogen and oxygen atoms in total. The first-order chi connectivity index (χ1) is 7.67. The molecule has 16 heavy (non-hydrogen) atoms. The Morgan fingerprint density at radius 1 is 1.50 bits per heavy atom. The highest BCUT2D eigenvalue weighted by atomic mass is 19.1. The molecule has 1 aliphatic rings. The largest absolute Gasteiger partial charge is 0.380 e. The molecule has 0 aromatic heterocycles. The van der Waals surface area contributed by atoms with Gasteiger partial charge in [-0.3, -0.25) is 4.79 Å². The van der Waals surface area contributed by atoms with Crippen LogP contribution in [-0.2, 0) is 4.79 Å². The third kappa shape index (κ3) is 2.28. The van der Waals surface area contributed by atoms with E-state index in [-0.39, 0.29) is 17.5 Å². The van der Waals surface area contributed by atoms with Crippen molar-refractivity contribution >= 4 is 11.6 Å². The van der Waals surface area contributed by atoms with Crippen LogP contribution in [0.5, 0.6) is 0 Å². The summed E-state index contributed by atoms with van der Waals surface area (Å²) in [6.07, 6.45) is 0.373. The molecule has 82 valence electrons. The van der Waals surface area contributed by atoms with Gasteiger partial charge in [-0.1, -0.05) is 0 Å². The number of carbonyl (C=O) groups is 1. The zero-order valence-corrected chi connectivity index (χ0v) is 8.46. The van der Waals surface area contributed by atoms with Crippen LogP contribution in [0.1, 0.15) is 12.0 Å². The Bertz CT molecular complexity index is 467. The van der Waals surface area contributed by atoms with Gasteiger partial charge in [-0.25, -0.2) is 4.39 Å². The molecule has 0 bridgehead atoms. The van der Waals surface area contributed by atoms with E-state index < -0.39 is 5.82 Å². The fourth-order valence-corrected chi connectivity index (χ4v) is 1.68. The molecule has 1 heterocycles. The number of amides is 1. The fraction of sp³-hybridized carbons (Fsp3) is 0.273. The molecule has 1 aromatic rings. The number of nitrogens with zero attached hydrogens (tertiary/aromatic N) is 1. The first kappa shape index (κ1) is 10.4. The quantitative estimate of drug-likeness (QED) is 0.779. The molecular formula is C11H10FN3O. The number of hydrogen-bond donors (Lipinski definition) is 2. The van der Waals surface area contributed by atoms with Crippen LogP contribution in [0.4, 0.5) is 10.1 Å². The Morgan fingerprint density at radius 3 is 2.94 bits per heavy atom. The topological polar surface area (TPSA) is 64.9 Å². The van der Waals surface area contributed by atoms with Gasteiger partial charge < -0.3 is 10.6 Å². The van der Waals surface area contributed by atoms with Crippen LogP contribution < -0.4 is 10.6 Å². The summed E-state index contributed by atoms with van der Waals surface area (Å²) in [7, 11) is 0. The fourth-order valence-electron chi connectivity index (χ4n) is 1.68. The van der Waals surface area contributed by atoms with Crippen molar-refractivity contribution < 1.29 is 9.18 Å². The molecule has 1 saturated heterocycles. The number of nitriles is 1. The van der Waals surface area contributed by atoms with Crippen molar-refractivity contribution in [1.82, 2.24) is 5.32 Å². The van der Waals surface area contributed by atoms with Gasteiger partial charge >= 0.3 is 0 Å². The summed E-state index contributed by atoms with van der Waals surface area (Å²) in [4.78, 5) is 11.0. The lowest BCUT2D eigenvalue weighted by Crippen LogP contribution is -2.22. The molecule has 2 rings (SSSR count). The molecule has 1 aromatic carbocycles. The Balaban J connectivity index is 2.12. The Labute approximate surface area is 92.1 Å². The summed E-state index contributed by atoms with van der Waals surface area (Å²) in [6.45, 7) is 0.525. The van der Waals surface area contributed by atoms with Crippen molar-refractivity contribution in [2.24, 2.45) is 0 Å².